The minimum absolute atomic E-state index is 0.150. The Labute approximate surface area is 166 Å². The van der Waals surface area contributed by atoms with Crippen molar-refractivity contribution in [2.45, 2.75) is 13.8 Å². The van der Waals surface area contributed by atoms with Crippen LogP contribution in [0.15, 0.2) is 91.0 Å². The third-order valence-corrected chi connectivity index (χ3v) is 5.73. The van der Waals surface area contributed by atoms with Crippen molar-refractivity contribution < 1.29 is 4.74 Å². The Morgan fingerprint density at radius 2 is 1.07 bits per heavy atom. The summed E-state index contributed by atoms with van der Waals surface area (Å²) in [5.74, 6) is 1.90. The predicted octanol–water partition coefficient (Wildman–Crippen LogP) is 4.59. The summed E-state index contributed by atoms with van der Waals surface area (Å²) in [6.45, 7) is 4.56. The van der Waals surface area contributed by atoms with Gasteiger partial charge in [0.2, 0.25) is 0 Å². The highest BCUT2D eigenvalue weighted by atomic mass is 16.5. The van der Waals surface area contributed by atoms with Crippen LogP contribution < -0.4 is 21.1 Å². The van der Waals surface area contributed by atoms with Crippen molar-refractivity contribution in [2.24, 2.45) is 0 Å². The normalized spacial score (nSPS) is 12.1. The summed E-state index contributed by atoms with van der Waals surface area (Å²) in [6, 6.07) is 32.1. The fraction of sp³-hybridized carbons (Fsp3) is 0.0769. The molecule has 1 heterocycles. The topological polar surface area (TPSA) is 9.23 Å². The molecular formula is C26H21BO. The number of hydrogen-bond acceptors (Lipinski definition) is 1. The molecule has 0 atom stereocenters. The molecule has 134 valence electrons. The summed E-state index contributed by atoms with van der Waals surface area (Å²) in [6.07, 6.45) is 0. The zero-order valence-corrected chi connectivity index (χ0v) is 16.1. The van der Waals surface area contributed by atoms with Crippen LogP contribution in [-0.2, 0) is 0 Å². The van der Waals surface area contributed by atoms with Crippen molar-refractivity contribution in [1.82, 2.24) is 0 Å². The zero-order chi connectivity index (χ0) is 19.1. The second-order valence-corrected chi connectivity index (χ2v) is 7.46. The first-order valence-corrected chi connectivity index (χ1v) is 9.75. The molecule has 5 rings (SSSR count). The van der Waals surface area contributed by atoms with E-state index >= 15 is 0 Å². The Bertz CT molecular complexity index is 1130. The maximum Gasteiger partial charge on any atom is 0.252 e. The molecule has 28 heavy (non-hydrogen) atoms. The molecule has 0 unspecified atom stereocenters. The number of rotatable bonds is 2. The summed E-state index contributed by atoms with van der Waals surface area (Å²) in [5.41, 5.74) is 9.01. The van der Waals surface area contributed by atoms with Gasteiger partial charge in [0.1, 0.15) is 11.5 Å². The molecule has 2 heteroatoms. The SMILES string of the molecule is Cc1ccccc1-c1cccc(C)c1B1c2ccccc2Oc2ccccc21. The van der Waals surface area contributed by atoms with Crippen LogP contribution in [0.2, 0.25) is 0 Å². The van der Waals surface area contributed by atoms with Gasteiger partial charge in [0.15, 0.2) is 0 Å². The smallest absolute Gasteiger partial charge is 0.252 e. The molecule has 1 nitrogen and oxygen atoms in total. The lowest BCUT2D eigenvalue weighted by Gasteiger charge is -2.29. The van der Waals surface area contributed by atoms with Gasteiger partial charge in [-0.1, -0.05) is 89.9 Å². The number of benzene rings is 4. The molecule has 0 fully saturated rings. The third-order valence-electron chi connectivity index (χ3n) is 5.73. The van der Waals surface area contributed by atoms with Gasteiger partial charge in [-0.05, 0) is 53.6 Å². The van der Waals surface area contributed by atoms with Gasteiger partial charge in [-0.25, -0.2) is 0 Å². The molecule has 4 aromatic carbocycles. The average molecular weight is 360 g/mol. The molecule has 1 aliphatic heterocycles. The molecular weight excluding hydrogens is 339 g/mol. The highest BCUT2D eigenvalue weighted by molar-refractivity contribution is 6.98. The third kappa shape index (κ3) is 2.65. The van der Waals surface area contributed by atoms with E-state index in [1.54, 1.807) is 0 Å². The Morgan fingerprint density at radius 1 is 0.536 bits per heavy atom. The quantitative estimate of drug-likeness (QED) is 0.419. The van der Waals surface area contributed by atoms with Crippen LogP contribution in [-0.4, -0.2) is 6.71 Å². The Morgan fingerprint density at radius 3 is 1.75 bits per heavy atom. The van der Waals surface area contributed by atoms with Gasteiger partial charge < -0.3 is 4.74 Å². The van der Waals surface area contributed by atoms with Crippen molar-refractivity contribution in [3.8, 4) is 22.6 Å². The van der Waals surface area contributed by atoms with E-state index in [4.69, 9.17) is 4.74 Å². The fourth-order valence-corrected chi connectivity index (χ4v) is 4.39. The van der Waals surface area contributed by atoms with E-state index in [0.717, 1.165) is 11.5 Å². The van der Waals surface area contributed by atoms with Gasteiger partial charge in [0.05, 0.1) is 0 Å². The van der Waals surface area contributed by atoms with E-state index in [2.05, 4.69) is 92.7 Å². The van der Waals surface area contributed by atoms with E-state index in [9.17, 15) is 0 Å². The van der Waals surface area contributed by atoms with Crippen molar-refractivity contribution in [3.05, 3.63) is 102 Å². The molecule has 0 bridgehead atoms. The van der Waals surface area contributed by atoms with Crippen molar-refractivity contribution in [2.75, 3.05) is 0 Å². The van der Waals surface area contributed by atoms with Gasteiger partial charge in [-0.2, -0.15) is 0 Å². The second kappa shape index (κ2) is 6.72. The van der Waals surface area contributed by atoms with Crippen LogP contribution in [0.5, 0.6) is 11.5 Å². The highest BCUT2D eigenvalue weighted by Crippen LogP contribution is 2.28. The second-order valence-electron chi connectivity index (χ2n) is 7.46. The summed E-state index contributed by atoms with van der Waals surface area (Å²) in [4.78, 5) is 0. The zero-order valence-electron chi connectivity index (χ0n) is 16.1. The van der Waals surface area contributed by atoms with E-state index < -0.39 is 0 Å². The lowest BCUT2D eigenvalue weighted by Crippen LogP contribution is -2.56. The lowest BCUT2D eigenvalue weighted by atomic mass is 9.34. The number of aryl methyl sites for hydroxylation is 2. The number of hydrogen-bond donors (Lipinski definition) is 0. The minimum atomic E-state index is 0.150. The standard InChI is InChI=1S/C26H21BO/c1-18-10-3-4-12-20(18)21-13-9-11-19(2)26(21)27-22-14-5-7-16-24(22)28-25-17-8-6-15-23(25)27/h3-17H,1-2H3. The van der Waals surface area contributed by atoms with E-state index in [1.807, 2.05) is 12.1 Å². The first-order valence-electron chi connectivity index (χ1n) is 9.75. The number of ether oxygens (including phenoxy) is 1. The Kier molecular flexibility index (Phi) is 4.05. The van der Waals surface area contributed by atoms with Crippen LogP contribution >= 0.6 is 0 Å². The molecule has 0 saturated heterocycles. The van der Waals surface area contributed by atoms with Crippen LogP contribution in [0.4, 0.5) is 0 Å². The van der Waals surface area contributed by atoms with Crippen molar-refractivity contribution in [1.29, 1.82) is 0 Å². The molecule has 0 N–H and O–H groups in total. The summed E-state index contributed by atoms with van der Waals surface area (Å²) < 4.78 is 6.24. The molecule has 1 aliphatic rings. The molecule has 0 spiro atoms. The average Bonchev–Trinajstić information content (AvgIpc) is 2.73. The summed E-state index contributed by atoms with van der Waals surface area (Å²) >= 11 is 0. The molecule has 0 amide bonds. The van der Waals surface area contributed by atoms with E-state index in [-0.39, 0.29) is 6.71 Å². The van der Waals surface area contributed by atoms with Crippen LogP contribution in [0.3, 0.4) is 0 Å². The monoisotopic (exact) mass is 360 g/mol. The minimum Gasteiger partial charge on any atom is -0.458 e. The maximum absolute atomic E-state index is 6.24. The molecule has 0 saturated carbocycles. The van der Waals surface area contributed by atoms with Gasteiger partial charge in [-0.15, -0.1) is 0 Å². The van der Waals surface area contributed by atoms with Gasteiger partial charge in [0.25, 0.3) is 6.71 Å². The van der Waals surface area contributed by atoms with Gasteiger partial charge in [0, 0.05) is 0 Å². The maximum atomic E-state index is 6.24. The Hall–Kier alpha value is -3.26. The first-order chi connectivity index (χ1) is 13.7. The van der Waals surface area contributed by atoms with E-state index in [1.165, 1.54) is 38.6 Å². The summed E-state index contributed by atoms with van der Waals surface area (Å²) in [5, 5.41) is 0. The molecule has 4 aromatic rings. The largest absolute Gasteiger partial charge is 0.458 e. The van der Waals surface area contributed by atoms with Gasteiger partial charge >= 0.3 is 0 Å². The van der Waals surface area contributed by atoms with Crippen molar-refractivity contribution in [3.63, 3.8) is 0 Å². The van der Waals surface area contributed by atoms with Crippen LogP contribution in [0.1, 0.15) is 11.1 Å². The van der Waals surface area contributed by atoms with Crippen molar-refractivity contribution >= 4 is 23.1 Å². The Balaban J connectivity index is 1.83. The van der Waals surface area contributed by atoms with E-state index in [0.29, 0.717) is 0 Å². The molecule has 0 aliphatic carbocycles. The van der Waals surface area contributed by atoms with Crippen LogP contribution in [0.25, 0.3) is 11.1 Å². The lowest BCUT2D eigenvalue weighted by molar-refractivity contribution is 0.487. The first kappa shape index (κ1) is 16.9. The number of para-hydroxylation sites is 2. The van der Waals surface area contributed by atoms with Gasteiger partial charge in [-0.3, -0.25) is 0 Å². The predicted molar refractivity (Wildman–Crippen MR) is 119 cm³/mol. The van der Waals surface area contributed by atoms with Crippen LogP contribution in [0, 0.1) is 13.8 Å². The summed E-state index contributed by atoms with van der Waals surface area (Å²) in [7, 11) is 0. The highest BCUT2D eigenvalue weighted by Gasteiger charge is 2.34. The fourth-order valence-electron chi connectivity index (χ4n) is 4.39. The molecule has 0 aromatic heterocycles. The molecule has 0 radical (unpaired) electrons. The number of fused-ring (bicyclic) bond motifs is 2.